The second-order valence-corrected chi connectivity index (χ2v) is 6.47. The molecule has 0 unspecified atom stereocenters. The number of carboxylic acids is 1. The van der Waals surface area contributed by atoms with Crippen LogP contribution in [0, 0.1) is 0 Å². The number of hydrogen-bond acceptors (Lipinski definition) is 4. The summed E-state index contributed by atoms with van der Waals surface area (Å²) in [6.07, 6.45) is 2.02. The van der Waals surface area contributed by atoms with E-state index in [1.165, 1.54) is 0 Å². The maximum atomic E-state index is 12.7. The SMILES string of the molecule is O=C(N[C@@H](C(=O)O)c1ccccc1)c1nc(C2CC2)n(-c2ccccc2)n1. The molecule has 27 heavy (non-hydrogen) atoms. The second-order valence-electron chi connectivity index (χ2n) is 6.47. The van der Waals surface area contributed by atoms with Crippen molar-refractivity contribution in [3.05, 3.63) is 77.9 Å². The largest absolute Gasteiger partial charge is 0.479 e. The Hall–Kier alpha value is -3.48. The Morgan fingerprint density at radius 2 is 1.67 bits per heavy atom. The molecule has 1 heterocycles. The highest BCUT2D eigenvalue weighted by molar-refractivity contribution is 5.93. The van der Waals surface area contributed by atoms with E-state index in [1.807, 2.05) is 30.3 Å². The molecule has 1 amide bonds. The number of aliphatic carboxylic acids is 1. The van der Waals surface area contributed by atoms with Gasteiger partial charge in [-0.25, -0.2) is 14.5 Å². The minimum atomic E-state index is -1.16. The van der Waals surface area contributed by atoms with Crippen LogP contribution in [0.5, 0.6) is 0 Å². The minimum Gasteiger partial charge on any atom is -0.479 e. The summed E-state index contributed by atoms with van der Waals surface area (Å²) in [4.78, 5) is 28.7. The summed E-state index contributed by atoms with van der Waals surface area (Å²) in [6.45, 7) is 0. The molecule has 1 aliphatic carbocycles. The van der Waals surface area contributed by atoms with Crippen LogP contribution in [-0.4, -0.2) is 31.7 Å². The summed E-state index contributed by atoms with van der Waals surface area (Å²) in [5.41, 5.74) is 1.31. The fourth-order valence-corrected chi connectivity index (χ4v) is 2.91. The van der Waals surface area contributed by atoms with Crippen LogP contribution in [0.15, 0.2) is 60.7 Å². The van der Waals surface area contributed by atoms with Crippen LogP contribution in [0.1, 0.15) is 46.8 Å². The van der Waals surface area contributed by atoms with Gasteiger partial charge in [0.25, 0.3) is 5.91 Å². The first-order valence-corrected chi connectivity index (χ1v) is 8.74. The number of carboxylic acid groups (broad SMARTS) is 1. The van der Waals surface area contributed by atoms with Gasteiger partial charge in [0.05, 0.1) is 5.69 Å². The van der Waals surface area contributed by atoms with Crippen molar-refractivity contribution in [2.24, 2.45) is 0 Å². The summed E-state index contributed by atoms with van der Waals surface area (Å²) in [7, 11) is 0. The average molecular weight is 362 g/mol. The van der Waals surface area contributed by atoms with E-state index >= 15 is 0 Å². The van der Waals surface area contributed by atoms with Gasteiger partial charge in [-0.1, -0.05) is 48.5 Å². The molecule has 7 heteroatoms. The summed E-state index contributed by atoms with van der Waals surface area (Å²) < 4.78 is 1.67. The highest BCUT2D eigenvalue weighted by Crippen LogP contribution is 2.39. The molecule has 2 aromatic carbocycles. The molecule has 2 N–H and O–H groups in total. The standard InChI is InChI=1S/C20H18N4O3/c25-19(21-16(20(26)27)13-7-3-1-4-8-13)17-22-18(14-11-12-14)24(23-17)15-9-5-2-6-10-15/h1-10,14,16H,11-12H2,(H,21,25)(H,26,27)/t16-/m1/s1. The van der Waals surface area contributed by atoms with Crippen LogP contribution in [0.4, 0.5) is 0 Å². The van der Waals surface area contributed by atoms with E-state index in [2.05, 4.69) is 15.4 Å². The maximum absolute atomic E-state index is 12.7. The lowest BCUT2D eigenvalue weighted by molar-refractivity contribution is -0.139. The lowest BCUT2D eigenvalue weighted by Crippen LogP contribution is -2.34. The fourth-order valence-electron chi connectivity index (χ4n) is 2.91. The van der Waals surface area contributed by atoms with E-state index in [9.17, 15) is 14.7 Å². The molecule has 0 aliphatic heterocycles. The molecule has 136 valence electrons. The fraction of sp³-hybridized carbons (Fsp3) is 0.200. The third-order valence-electron chi connectivity index (χ3n) is 4.43. The number of carbonyl (C=O) groups is 2. The number of hydrogen-bond donors (Lipinski definition) is 2. The van der Waals surface area contributed by atoms with E-state index in [4.69, 9.17) is 0 Å². The van der Waals surface area contributed by atoms with Crippen molar-refractivity contribution in [3.8, 4) is 5.69 Å². The predicted octanol–water partition coefficient (Wildman–Crippen LogP) is 2.70. The minimum absolute atomic E-state index is 0.0251. The van der Waals surface area contributed by atoms with Gasteiger partial charge in [-0.2, -0.15) is 0 Å². The molecule has 1 atom stereocenters. The zero-order valence-electron chi connectivity index (χ0n) is 14.4. The molecule has 1 aromatic heterocycles. The van der Waals surface area contributed by atoms with Crippen molar-refractivity contribution < 1.29 is 14.7 Å². The van der Waals surface area contributed by atoms with Gasteiger partial charge >= 0.3 is 5.97 Å². The Labute approximate surface area is 155 Å². The molecule has 0 spiro atoms. The first-order valence-electron chi connectivity index (χ1n) is 8.74. The van der Waals surface area contributed by atoms with Crippen LogP contribution in [0.3, 0.4) is 0 Å². The molecule has 1 fully saturated rings. The molecule has 3 aromatic rings. The number of nitrogens with zero attached hydrogens (tertiary/aromatic N) is 3. The van der Waals surface area contributed by atoms with Crippen molar-refractivity contribution in [1.82, 2.24) is 20.1 Å². The summed E-state index contributed by atoms with van der Waals surface area (Å²) in [5.74, 6) is -0.758. The number of benzene rings is 2. The van der Waals surface area contributed by atoms with Gasteiger partial charge in [0, 0.05) is 5.92 Å². The first kappa shape index (κ1) is 17.0. The lowest BCUT2D eigenvalue weighted by Gasteiger charge is -2.13. The van der Waals surface area contributed by atoms with Gasteiger partial charge in [0.15, 0.2) is 6.04 Å². The van der Waals surface area contributed by atoms with Crippen molar-refractivity contribution in [3.63, 3.8) is 0 Å². The molecular formula is C20H18N4O3. The molecule has 7 nitrogen and oxygen atoms in total. The molecule has 4 rings (SSSR count). The Kier molecular flexibility index (Phi) is 4.42. The van der Waals surface area contributed by atoms with Crippen LogP contribution < -0.4 is 5.32 Å². The van der Waals surface area contributed by atoms with Crippen molar-refractivity contribution in [2.45, 2.75) is 24.8 Å². The van der Waals surface area contributed by atoms with Crippen molar-refractivity contribution in [2.75, 3.05) is 0 Å². The molecular weight excluding hydrogens is 344 g/mol. The predicted molar refractivity (Wildman–Crippen MR) is 97.6 cm³/mol. The Morgan fingerprint density at radius 3 is 2.26 bits per heavy atom. The highest BCUT2D eigenvalue weighted by Gasteiger charge is 2.32. The highest BCUT2D eigenvalue weighted by atomic mass is 16.4. The van der Waals surface area contributed by atoms with E-state index < -0.39 is 17.9 Å². The summed E-state index contributed by atoms with van der Waals surface area (Å²) in [6, 6.07) is 16.9. The van der Waals surface area contributed by atoms with E-state index in [-0.39, 0.29) is 11.7 Å². The molecule has 1 saturated carbocycles. The Bertz CT molecular complexity index is 965. The van der Waals surface area contributed by atoms with Gasteiger partial charge in [-0.05, 0) is 30.5 Å². The second kappa shape index (κ2) is 7.03. The van der Waals surface area contributed by atoms with Crippen molar-refractivity contribution >= 4 is 11.9 Å². The monoisotopic (exact) mass is 362 g/mol. The normalized spacial score (nSPS) is 14.5. The van der Waals surface area contributed by atoms with Crippen LogP contribution in [-0.2, 0) is 4.79 Å². The van der Waals surface area contributed by atoms with Crippen LogP contribution in [0.25, 0.3) is 5.69 Å². The Balaban J connectivity index is 1.63. The van der Waals surface area contributed by atoms with Gasteiger partial charge in [0.2, 0.25) is 5.82 Å². The van der Waals surface area contributed by atoms with E-state index in [0.29, 0.717) is 5.56 Å². The van der Waals surface area contributed by atoms with E-state index in [0.717, 1.165) is 24.4 Å². The molecule has 0 radical (unpaired) electrons. The molecule has 0 saturated heterocycles. The van der Waals surface area contributed by atoms with Crippen LogP contribution >= 0.6 is 0 Å². The zero-order valence-corrected chi connectivity index (χ0v) is 14.4. The van der Waals surface area contributed by atoms with Gasteiger partial charge in [-0.3, -0.25) is 4.79 Å². The third-order valence-corrected chi connectivity index (χ3v) is 4.43. The lowest BCUT2D eigenvalue weighted by atomic mass is 10.1. The average Bonchev–Trinajstić information content (AvgIpc) is 3.45. The number of amides is 1. The van der Waals surface area contributed by atoms with Crippen LogP contribution in [0.2, 0.25) is 0 Å². The van der Waals surface area contributed by atoms with Crippen molar-refractivity contribution in [1.29, 1.82) is 0 Å². The number of rotatable bonds is 6. The van der Waals surface area contributed by atoms with E-state index in [1.54, 1.807) is 35.0 Å². The summed E-state index contributed by atoms with van der Waals surface area (Å²) in [5, 5.41) is 16.4. The number of para-hydroxylation sites is 1. The number of aromatic nitrogens is 3. The number of carbonyl (C=O) groups excluding carboxylic acids is 1. The number of nitrogens with one attached hydrogen (secondary N) is 1. The smallest absolute Gasteiger partial charge is 0.330 e. The van der Waals surface area contributed by atoms with Gasteiger partial charge < -0.3 is 10.4 Å². The van der Waals surface area contributed by atoms with Gasteiger partial charge in [0.1, 0.15) is 5.82 Å². The zero-order chi connectivity index (χ0) is 18.8. The van der Waals surface area contributed by atoms with Gasteiger partial charge in [-0.15, -0.1) is 5.10 Å². The maximum Gasteiger partial charge on any atom is 0.330 e. The quantitative estimate of drug-likeness (QED) is 0.703. The topological polar surface area (TPSA) is 97.1 Å². The first-order chi connectivity index (χ1) is 13.1. The molecule has 0 bridgehead atoms. The molecule has 1 aliphatic rings. The Morgan fingerprint density at radius 1 is 1.04 bits per heavy atom. The third kappa shape index (κ3) is 3.57. The summed E-state index contributed by atoms with van der Waals surface area (Å²) >= 11 is 0.